The first kappa shape index (κ1) is 29.1. The molecule has 188 valence electrons. The lowest BCUT2D eigenvalue weighted by Gasteiger charge is -2.39. The molecule has 1 aliphatic carbocycles. The lowest BCUT2D eigenvalue weighted by Crippen LogP contribution is -2.39. The largest absolute Gasteiger partial charge is 0.382 e. The van der Waals surface area contributed by atoms with E-state index in [9.17, 15) is 0 Å². The van der Waals surface area contributed by atoms with Gasteiger partial charge in [-0.1, -0.05) is 52.2 Å². The second-order valence-corrected chi connectivity index (χ2v) is 13.1. The number of nitrogens with one attached hydrogen (secondary N) is 1. The molecule has 0 fully saturated rings. The van der Waals surface area contributed by atoms with E-state index in [1.807, 2.05) is 36.5 Å². The van der Waals surface area contributed by atoms with Crippen molar-refractivity contribution < 1.29 is 0 Å². The minimum Gasteiger partial charge on any atom is -0.382 e. The van der Waals surface area contributed by atoms with Crippen LogP contribution in [0.2, 0.25) is 6.32 Å². The number of thioether (sulfide) groups is 1. The van der Waals surface area contributed by atoms with Crippen molar-refractivity contribution in [2.24, 2.45) is 10.9 Å². The minimum atomic E-state index is -0.00621. The number of hydrogen-bond acceptors (Lipinski definition) is 4. The summed E-state index contributed by atoms with van der Waals surface area (Å²) in [6.07, 6.45) is 10.6. The molecule has 0 aromatic carbocycles. The lowest BCUT2D eigenvalue weighted by molar-refractivity contribution is 0.610. The third-order valence-corrected chi connectivity index (χ3v) is 9.87. The van der Waals surface area contributed by atoms with Crippen LogP contribution in [0, 0.1) is 5.92 Å². The molecule has 1 aromatic rings. The molecule has 34 heavy (non-hydrogen) atoms. The van der Waals surface area contributed by atoms with E-state index >= 15 is 0 Å². The van der Waals surface area contributed by atoms with Gasteiger partial charge in [0.25, 0.3) is 0 Å². The molecule has 6 heteroatoms. The molecule has 0 spiro atoms. The van der Waals surface area contributed by atoms with Gasteiger partial charge in [-0.2, -0.15) is 0 Å². The molecule has 1 aromatic heterocycles. The SMILES string of the molecule is [B]CCC(C)NC(=C)c1sc(N(C=NC)C(SC(C)(C)C(=C)CCC)C(C)C)c2c1CCCC2. The quantitative estimate of drug-likeness (QED) is 0.0928. The summed E-state index contributed by atoms with van der Waals surface area (Å²) in [6, 6.07) is 0.319. The van der Waals surface area contributed by atoms with Crippen molar-refractivity contribution in [1.29, 1.82) is 0 Å². The van der Waals surface area contributed by atoms with Crippen molar-refractivity contribution >= 4 is 48.0 Å². The van der Waals surface area contributed by atoms with Crippen LogP contribution in [-0.2, 0) is 12.8 Å². The molecule has 0 amide bonds. The molecule has 1 N–H and O–H groups in total. The van der Waals surface area contributed by atoms with E-state index in [0.29, 0.717) is 18.3 Å². The molecule has 3 nitrogen and oxygen atoms in total. The second-order valence-electron chi connectivity index (χ2n) is 10.4. The molecule has 2 atom stereocenters. The molecule has 0 saturated heterocycles. The summed E-state index contributed by atoms with van der Waals surface area (Å²) >= 11 is 3.91. The van der Waals surface area contributed by atoms with Crippen LogP contribution in [0.1, 0.15) is 89.7 Å². The zero-order chi connectivity index (χ0) is 25.5. The maximum atomic E-state index is 5.79. The Balaban J connectivity index is 2.50. The molecule has 0 bridgehead atoms. The van der Waals surface area contributed by atoms with Crippen LogP contribution in [-0.4, -0.2) is 37.4 Å². The van der Waals surface area contributed by atoms with Crippen molar-refractivity contribution in [2.45, 2.75) is 109 Å². The van der Waals surface area contributed by atoms with Gasteiger partial charge in [0.2, 0.25) is 0 Å². The predicted molar refractivity (Wildman–Crippen MR) is 159 cm³/mol. The van der Waals surface area contributed by atoms with Gasteiger partial charge in [-0.25, -0.2) is 0 Å². The summed E-state index contributed by atoms with van der Waals surface area (Å²) in [5.41, 5.74) is 5.34. The first-order valence-electron chi connectivity index (χ1n) is 12.9. The standard InChI is InChI=1S/C28H46BN3S2/c1-10-13-20(4)28(7,8)34-26(19(2)3)32(18-30-9)27-24-15-12-11-14-23(24)25(33-27)22(6)31-21(5)16-17-29/h18-19,21,26,31H,4,6,10-17H2,1-3,5,7-9H3. The lowest BCUT2D eigenvalue weighted by atomic mass is 9.92. The number of aliphatic imine (C=N–C) groups is 1. The van der Waals surface area contributed by atoms with Gasteiger partial charge in [0.1, 0.15) is 5.00 Å². The first-order valence-corrected chi connectivity index (χ1v) is 14.6. The fourth-order valence-electron chi connectivity index (χ4n) is 4.61. The van der Waals surface area contributed by atoms with E-state index in [-0.39, 0.29) is 10.1 Å². The van der Waals surface area contributed by atoms with Crippen LogP contribution in [0.25, 0.3) is 5.70 Å². The van der Waals surface area contributed by atoms with Gasteiger partial charge in [0.15, 0.2) is 0 Å². The average molecular weight is 500 g/mol. The van der Waals surface area contributed by atoms with Crippen LogP contribution in [0.4, 0.5) is 5.00 Å². The third kappa shape index (κ3) is 7.19. The van der Waals surface area contributed by atoms with Crippen LogP contribution in [0.5, 0.6) is 0 Å². The van der Waals surface area contributed by atoms with Crippen molar-refractivity contribution in [1.82, 2.24) is 5.32 Å². The van der Waals surface area contributed by atoms with E-state index in [0.717, 1.165) is 37.8 Å². The molecule has 2 unspecified atom stereocenters. The minimum absolute atomic E-state index is 0.00621. The Morgan fingerprint density at radius 2 is 1.88 bits per heavy atom. The van der Waals surface area contributed by atoms with Crippen LogP contribution in [0.15, 0.2) is 23.7 Å². The smallest absolute Gasteiger partial charge is 0.101 e. The van der Waals surface area contributed by atoms with E-state index in [1.54, 1.807) is 0 Å². The fourth-order valence-corrected chi connectivity index (χ4v) is 7.43. The Morgan fingerprint density at radius 1 is 1.24 bits per heavy atom. The van der Waals surface area contributed by atoms with Crippen molar-refractivity contribution in [3.63, 3.8) is 0 Å². The summed E-state index contributed by atoms with van der Waals surface area (Å²) < 4.78 is -0.00621. The molecule has 0 aliphatic heterocycles. The number of anilines is 1. The number of fused-ring (bicyclic) bond motifs is 1. The summed E-state index contributed by atoms with van der Waals surface area (Å²) in [6.45, 7) is 22.6. The summed E-state index contributed by atoms with van der Waals surface area (Å²) in [5, 5.41) is 5.22. The van der Waals surface area contributed by atoms with Crippen LogP contribution in [0.3, 0.4) is 0 Å². The zero-order valence-electron chi connectivity index (χ0n) is 22.7. The highest BCUT2D eigenvalue weighted by Gasteiger charge is 2.34. The third-order valence-electron chi connectivity index (χ3n) is 6.63. The van der Waals surface area contributed by atoms with Crippen LogP contribution < -0.4 is 10.2 Å². The Hall–Kier alpha value is -1.14. The van der Waals surface area contributed by atoms with E-state index in [4.69, 9.17) is 7.85 Å². The Morgan fingerprint density at radius 3 is 2.44 bits per heavy atom. The molecule has 1 heterocycles. The van der Waals surface area contributed by atoms with Gasteiger partial charge in [0.05, 0.1) is 24.4 Å². The Bertz CT molecular complexity index is 856. The van der Waals surface area contributed by atoms with Gasteiger partial charge in [-0.15, -0.1) is 23.1 Å². The number of thiophene rings is 1. The van der Waals surface area contributed by atoms with Gasteiger partial charge in [-0.05, 0) is 76.3 Å². The normalized spacial score (nSPS) is 15.9. The predicted octanol–water partition coefficient (Wildman–Crippen LogP) is 7.87. The topological polar surface area (TPSA) is 27.6 Å². The van der Waals surface area contributed by atoms with Crippen molar-refractivity contribution in [3.8, 4) is 0 Å². The van der Waals surface area contributed by atoms with E-state index in [1.165, 1.54) is 39.4 Å². The van der Waals surface area contributed by atoms with Gasteiger partial charge < -0.3 is 10.2 Å². The van der Waals surface area contributed by atoms with E-state index < -0.39 is 0 Å². The number of nitrogens with zero attached hydrogens (tertiary/aromatic N) is 2. The molecular weight excluding hydrogens is 453 g/mol. The number of rotatable bonds is 14. The molecule has 0 saturated carbocycles. The average Bonchev–Trinajstić information content (AvgIpc) is 3.16. The molecule has 1 aliphatic rings. The second kappa shape index (κ2) is 13.2. The van der Waals surface area contributed by atoms with Crippen molar-refractivity contribution in [2.75, 3.05) is 11.9 Å². The highest BCUT2D eigenvalue weighted by atomic mass is 32.2. The summed E-state index contributed by atoms with van der Waals surface area (Å²) in [5.74, 6) is 0.451. The maximum absolute atomic E-state index is 5.79. The van der Waals surface area contributed by atoms with Gasteiger partial charge in [0, 0.05) is 23.5 Å². The molecular formula is C28H46BN3S2. The molecule has 2 rings (SSSR count). The Kier molecular flexibility index (Phi) is 11.3. The van der Waals surface area contributed by atoms with E-state index in [2.05, 4.69) is 69.9 Å². The number of hydrogen-bond donors (Lipinski definition) is 1. The van der Waals surface area contributed by atoms with Gasteiger partial charge >= 0.3 is 0 Å². The van der Waals surface area contributed by atoms with Gasteiger partial charge in [-0.3, -0.25) is 4.99 Å². The highest BCUT2D eigenvalue weighted by molar-refractivity contribution is 8.01. The zero-order valence-corrected chi connectivity index (χ0v) is 24.3. The molecule has 2 radical (unpaired) electrons. The Labute approximate surface area is 219 Å². The monoisotopic (exact) mass is 499 g/mol. The first-order chi connectivity index (χ1) is 16.1. The maximum Gasteiger partial charge on any atom is 0.101 e. The van der Waals surface area contributed by atoms with Crippen LogP contribution >= 0.6 is 23.1 Å². The highest BCUT2D eigenvalue weighted by Crippen LogP contribution is 2.47. The summed E-state index contributed by atoms with van der Waals surface area (Å²) in [4.78, 5) is 8.28. The van der Waals surface area contributed by atoms with Crippen molar-refractivity contribution in [3.05, 3.63) is 34.7 Å². The fraction of sp³-hybridized carbons (Fsp3) is 0.679. The summed E-state index contributed by atoms with van der Waals surface area (Å²) in [7, 11) is 7.67.